The lowest BCUT2D eigenvalue weighted by Gasteiger charge is -2.19. The summed E-state index contributed by atoms with van der Waals surface area (Å²) >= 11 is 0.833. The molecule has 15 heavy (non-hydrogen) atoms. The van der Waals surface area contributed by atoms with Crippen LogP contribution in [0, 0.1) is 0 Å². The highest BCUT2D eigenvalue weighted by Gasteiger charge is 2.20. The Bertz CT molecular complexity index is 307. The molecule has 0 unspecified atom stereocenters. The van der Waals surface area contributed by atoms with E-state index in [4.69, 9.17) is 5.11 Å². The van der Waals surface area contributed by atoms with E-state index in [2.05, 4.69) is 9.59 Å². The van der Waals surface area contributed by atoms with Crippen molar-refractivity contribution in [3.8, 4) is 0 Å². The molecule has 0 aliphatic carbocycles. The summed E-state index contributed by atoms with van der Waals surface area (Å²) in [5, 5.41) is 12.1. The maximum Gasteiger partial charge on any atom is 0.267 e. The number of aliphatic hydroxyl groups excluding tert-OH is 1. The van der Waals surface area contributed by atoms with Crippen LogP contribution in [0.25, 0.3) is 0 Å². The minimum absolute atomic E-state index is 0.124. The van der Waals surface area contributed by atoms with Gasteiger partial charge in [0.05, 0.1) is 19.3 Å². The monoisotopic (exact) mass is 237 g/mol. The molecule has 0 bridgehead atoms. The second kappa shape index (κ2) is 5.66. The van der Waals surface area contributed by atoms with Crippen molar-refractivity contribution < 1.29 is 18.7 Å². The molecule has 5 nitrogen and oxygen atoms in total. The number of aliphatic hydroxyl groups is 1. The summed E-state index contributed by atoms with van der Waals surface area (Å²) in [4.78, 5) is 12.6. The number of hydrogen-bond acceptors (Lipinski definition) is 5. The number of hydrogen-bond donors (Lipinski definition) is 1. The van der Waals surface area contributed by atoms with Gasteiger partial charge in [-0.3, -0.25) is 4.79 Å². The van der Waals surface area contributed by atoms with Crippen molar-refractivity contribution >= 4 is 17.4 Å². The molecular formula is C7H9F2N3O2S. The molecule has 0 aromatic carbocycles. The molecule has 0 aliphatic heterocycles. The second-order valence-electron chi connectivity index (χ2n) is 2.65. The summed E-state index contributed by atoms with van der Waals surface area (Å²) in [6.45, 7) is -1.18. The van der Waals surface area contributed by atoms with E-state index >= 15 is 0 Å². The number of halogens is 2. The van der Waals surface area contributed by atoms with Crippen molar-refractivity contribution in [2.45, 2.75) is 6.43 Å². The highest BCUT2D eigenvalue weighted by Crippen LogP contribution is 2.08. The Kier molecular flexibility index (Phi) is 4.50. The topological polar surface area (TPSA) is 66.3 Å². The highest BCUT2D eigenvalue weighted by molar-refractivity contribution is 7.07. The normalized spacial score (nSPS) is 10.7. The van der Waals surface area contributed by atoms with Crippen molar-refractivity contribution in [2.75, 3.05) is 19.7 Å². The molecule has 1 heterocycles. The van der Waals surface area contributed by atoms with Gasteiger partial charge in [-0.15, -0.1) is 5.10 Å². The SMILES string of the molecule is O=C(c1cnns1)N(CCO)CC(F)F. The molecule has 0 atom stereocenters. The van der Waals surface area contributed by atoms with Gasteiger partial charge in [0.25, 0.3) is 12.3 Å². The third-order valence-electron chi connectivity index (χ3n) is 1.59. The van der Waals surface area contributed by atoms with E-state index in [1.807, 2.05) is 0 Å². The zero-order valence-corrected chi connectivity index (χ0v) is 8.45. The summed E-state index contributed by atoms with van der Waals surface area (Å²) < 4.78 is 27.7. The van der Waals surface area contributed by atoms with Crippen molar-refractivity contribution in [3.05, 3.63) is 11.1 Å². The van der Waals surface area contributed by atoms with E-state index in [0.29, 0.717) is 0 Å². The van der Waals surface area contributed by atoms with Crippen LogP contribution in [-0.4, -0.2) is 51.6 Å². The average Bonchev–Trinajstić information content (AvgIpc) is 2.68. The second-order valence-corrected chi connectivity index (χ2v) is 3.43. The van der Waals surface area contributed by atoms with Gasteiger partial charge in [0.15, 0.2) is 0 Å². The molecule has 1 amide bonds. The number of carbonyl (C=O) groups excluding carboxylic acids is 1. The van der Waals surface area contributed by atoms with Crippen LogP contribution in [0.1, 0.15) is 9.67 Å². The maximum atomic E-state index is 12.1. The zero-order valence-electron chi connectivity index (χ0n) is 7.64. The van der Waals surface area contributed by atoms with Gasteiger partial charge in [0.1, 0.15) is 4.88 Å². The van der Waals surface area contributed by atoms with Gasteiger partial charge in [-0.1, -0.05) is 4.49 Å². The largest absolute Gasteiger partial charge is 0.395 e. The lowest BCUT2D eigenvalue weighted by molar-refractivity contribution is 0.0513. The molecule has 0 saturated heterocycles. The predicted octanol–water partition coefficient (Wildman–Crippen LogP) is 0.238. The van der Waals surface area contributed by atoms with Crippen LogP contribution in [-0.2, 0) is 0 Å². The average molecular weight is 237 g/mol. The van der Waals surface area contributed by atoms with Crippen molar-refractivity contribution in [2.24, 2.45) is 0 Å². The molecule has 8 heteroatoms. The van der Waals surface area contributed by atoms with Gasteiger partial charge in [-0.2, -0.15) is 0 Å². The molecule has 0 spiro atoms. The van der Waals surface area contributed by atoms with Crippen LogP contribution in [0.3, 0.4) is 0 Å². The number of alkyl halides is 2. The Hall–Kier alpha value is -1.15. The summed E-state index contributed by atoms with van der Waals surface area (Å²) in [5.74, 6) is -0.584. The summed E-state index contributed by atoms with van der Waals surface area (Å²) in [6.07, 6.45) is -1.41. The molecule has 0 fully saturated rings. The number of carbonyl (C=O) groups is 1. The predicted molar refractivity (Wildman–Crippen MR) is 48.9 cm³/mol. The third-order valence-corrected chi connectivity index (χ3v) is 2.24. The lowest BCUT2D eigenvalue weighted by atomic mass is 10.4. The molecule has 0 aliphatic rings. The fourth-order valence-corrected chi connectivity index (χ4v) is 1.46. The number of nitrogens with zero attached hydrogens (tertiary/aromatic N) is 3. The van der Waals surface area contributed by atoms with Gasteiger partial charge in [0.2, 0.25) is 0 Å². The fraction of sp³-hybridized carbons (Fsp3) is 0.571. The minimum Gasteiger partial charge on any atom is -0.395 e. The first-order valence-electron chi connectivity index (χ1n) is 4.10. The third kappa shape index (κ3) is 3.48. The lowest BCUT2D eigenvalue weighted by Crippen LogP contribution is -2.36. The summed E-state index contributed by atoms with van der Waals surface area (Å²) in [7, 11) is 0. The van der Waals surface area contributed by atoms with Crippen LogP contribution in [0.2, 0.25) is 0 Å². The molecule has 1 aromatic heterocycles. The first-order chi connectivity index (χ1) is 7.15. The van der Waals surface area contributed by atoms with Gasteiger partial charge in [-0.05, 0) is 11.5 Å². The van der Waals surface area contributed by atoms with Gasteiger partial charge in [0, 0.05) is 6.54 Å². The van der Waals surface area contributed by atoms with Crippen LogP contribution in [0.15, 0.2) is 6.20 Å². The number of rotatable bonds is 5. The van der Waals surface area contributed by atoms with Crippen molar-refractivity contribution in [1.29, 1.82) is 0 Å². The highest BCUT2D eigenvalue weighted by atomic mass is 32.1. The molecule has 84 valence electrons. The zero-order chi connectivity index (χ0) is 11.3. The molecule has 0 saturated carbocycles. The van der Waals surface area contributed by atoms with Crippen LogP contribution in [0.5, 0.6) is 0 Å². The van der Waals surface area contributed by atoms with E-state index < -0.39 is 18.9 Å². The Morgan fingerprint density at radius 1 is 1.67 bits per heavy atom. The van der Waals surface area contributed by atoms with Crippen molar-refractivity contribution in [1.82, 2.24) is 14.5 Å². The fourth-order valence-electron chi connectivity index (χ4n) is 0.980. The molecule has 0 radical (unpaired) electrons. The molecule has 1 aromatic rings. The Morgan fingerprint density at radius 3 is 2.87 bits per heavy atom. The summed E-state index contributed by atoms with van der Waals surface area (Å²) in [5.41, 5.74) is 0. The maximum absolute atomic E-state index is 12.1. The molecular weight excluding hydrogens is 228 g/mol. The van der Waals surface area contributed by atoms with Crippen LogP contribution < -0.4 is 0 Å². The van der Waals surface area contributed by atoms with Gasteiger partial charge in [-0.25, -0.2) is 8.78 Å². The quantitative estimate of drug-likeness (QED) is 0.796. The van der Waals surface area contributed by atoms with Gasteiger partial charge < -0.3 is 10.0 Å². The summed E-state index contributed by atoms with van der Waals surface area (Å²) in [6, 6.07) is 0. The van der Waals surface area contributed by atoms with Crippen molar-refractivity contribution in [3.63, 3.8) is 0 Å². The molecule has 1 rings (SSSR count). The van der Waals surface area contributed by atoms with E-state index in [0.717, 1.165) is 16.4 Å². The first kappa shape index (κ1) is 11.9. The van der Waals surface area contributed by atoms with E-state index in [-0.39, 0.29) is 18.0 Å². The van der Waals surface area contributed by atoms with E-state index in [1.165, 1.54) is 6.20 Å². The Labute approximate surface area is 88.5 Å². The Balaban J connectivity index is 2.67. The standard InChI is InChI=1S/C7H9F2N3O2S/c8-6(9)4-12(1-2-13)7(14)5-3-10-11-15-5/h3,6,13H,1-2,4H2. The smallest absolute Gasteiger partial charge is 0.267 e. The Morgan fingerprint density at radius 2 is 2.40 bits per heavy atom. The first-order valence-corrected chi connectivity index (χ1v) is 4.88. The number of aromatic nitrogens is 2. The van der Waals surface area contributed by atoms with Crippen LogP contribution >= 0.6 is 11.5 Å². The van der Waals surface area contributed by atoms with E-state index in [9.17, 15) is 13.6 Å². The molecule has 1 N–H and O–H groups in total. The number of amides is 1. The van der Waals surface area contributed by atoms with Gasteiger partial charge >= 0.3 is 0 Å². The van der Waals surface area contributed by atoms with Crippen LogP contribution in [0.4, 0.5) is 8.78 Å². The van der Waals surface area contributed by atoms with E-state index in [1.54, 1.807) is 0 Å². The minimum atomic E-state index is -2.62.